The van der Waals surface area contributed by atoms with Gasteiger partial charge in [-0.15, -0.1) is 0 Å². The van der Waals surface area contributed by atoms with Crippen molar-refractivity contribution >= 4 is 27.5 Å². The summed E-state index contributed by atoms with van der Waals surface area (Å²) in [5, 5.41) is 2.89. The predicted octanol–water partition coefficient (Wildman–Crippen LogP) is 4.85. The fraction of sp³-hybridized carbons (Fsp3) is 0.355. The summed E-state index contributed by atoms with van der Waals surface area (Å²) >= 11 is 0. The molecular formula is C31H38FN3O4S. The average Bonchev–Trinajstić information content (AvgIpc) is 2.93. The molecule has 0 fully saturated rings. The van der Waals surface area contributed by atoms with Crippen LogP contribution in [-0.4, -0.2) is 50.5 Å². The van der Waals surface area contributed by atoms with Crippen LogP contribution in [0.4, 0.5) is 10.1 Å². The van der Waals surface area contributed by atoms with Crippen LogP contribution >= 0.6 is 0 Å². The zero-order valence-electron chi connectivity index (χ0n) is 23.3. The van der Waals surface area contributed by atoms with Crippen LogP contribution in [-0.2, 0) is 32.6 Å². The van der Waals surface area contributed by atoms with E-state index < -0.39 is 21.9 Å². The van der Waals surface area contributed by atoms with Crippen molar-refractivity contribution in [3.8, 4) is 0 Å². The Morgan fingerprint density at radius 2 is 1.60 bits per heavy atom. The van der Waals surface area contributed by atoms with Gasteiger partial charge in [-0.2, -0.15) is 0 Å². The Morgan fingerprint density at radius 3 is 2.23 bits per heavy atom. The molecule has 1 N–H and O–H groups in total. The lowest BCUT2D eigenvalue weighted by Gasteiger charge is -2.32. The van der Waals surface area contributed by atoms with Crippen LogP contribution in [0.3, 0.4) is 0 Å². The maximum Gasteiger partial charge on any atom is 0.243 e. The second kappa shape index (κ2) is 14.6. The molecule has 0 aromatic heterocycles. The van der Waals surface area contributed by atoms with Gasteiger partial charge in [-0.25, -0.2) is 12.8 Å². The quantitative estimate of drug-likeness (QED) is 0.302. The number of sulfonamides is 1. The standard InChI is InChI=1S/C31H38FN3O4S/c1-4-20-33-31(37)29(22-25-11-6-5-7-12-25)34(23-26-13-8-9-14-28(26)32)30(36)15-10-21-35(40(3,38)39)27-18-16-24(2)17-19-27/h5-9,11-14,16-19,29H,4,10,15,20-23H2,1-3H3,(H,33,37)/t29-/m0/s1. The maximum atomic E-state index is 14.7. The van der Waals surface area contributed by atoms with E-state index in [1.165, 1.54) is 15.3 Å². The molecule has 3 aromatic rings. The first-order valence-corrected chi connectivity index (χ1v) is 15.3. The molecule has 7 nitrogen and oxygen atoms in total. The zero-order valence-corrected chi connectivity index (χ0v) is 24.2. The average molecular weight is 568 g/mol. The van der Waals surface area contributed by atoms with Crippen molar-refractivity contribution in [3.63, 3.8) is 0 Å². The van der Waals surface area contributed by atoms with Crippen molar-refractivity contribution in [2.75, 3.05) is 23.7 Å². The number of carbonyl (C=O) groups excluding carboxylic acids is 2. The highest BCUT2D eigenvalue weighted by Gasteiger charge is 2.31. The van der Waals surface area contributed by atoms with Crippen molar-refractivity contribution < 1.29 is 22.4 Å². The van der Waals surface area contributed by atoms with Gasteiger partial charge in [0.15, 0.2) is 0 Å². The Balaban J connectivity index is 1.87. The number of anilines is 1. The molecule has 9 heteroatoms. The monoisotopic (exact) mass is 567 g/mol. The van der Waals surface area contributed by atoms with Crippen LogP contribution in [0.15, 0.2) is 78.9 Å². The van der Waals surface area contributed by atoms with Crippen molar-refractivity contribution in [2.24, 2.45) is 0 Å². The van der Waals surface area contributed by atoms with Crippen molar-refractivity contribution in [3.05, 3.63) is 101 Å². The molecule has 214 valence electrons. The van der Waals surface area contributed by atoms with Gasteiger partial charge in [0, 0.05) is 38.0 Å². The van der Waals surface area contributed by atoms with E-state index >= 15 is 0 Å². The highest BCUT2D eigenvalue weighted by Crippen LogP contribution is 2.21. The van der Waals surface area contributed by atoms with Gasteiger partial charge >= 0.3 is 0 Å². The van der Waals surface area contributed by atoms with Gasteiger partial charge in [0.2, 0.25) is 21.8 Å². The molecule has 0 unspecified atom stereocenters. The number of rotatable bonds is 14. The third-order valence-electron chi connectivity index (χ3n) is 6.59. The summed E-state index contributed by atoms with van der Waals surface area (Å²) in [5.74, 6) is -1.13. The SMILES string of the molecule is CCCNC(=O)[C@H](Cc1ccccc1)N(Cc1ccccc1F)C(=O)CCCN(c1ccc(C)cc1)S(C)(=O)=O. The Hall–Kier alpha value is -3.72. The maximum absolute atomic E-state index is 14.7. The topological polar surface area (TPSA) is 86.8 Å². The van der Waals surface area contributed by atoms with Gasteiger partial charge < -0.3 is 10.2 Å². The molecule has 2 amide bonds. The molecular weight excluding hydrogens is 529 g/mol. The van der Waals surface area contributed by atoms with E-state index in [9.17, 15) is 22.4 Å². The molecule has 0 bridgehead atoms. The molecule has 1 atom stereocenters. The van der Waals surface area contributed by atoms with Crippen molar-refractivity contribution in [1.82, 2.24) is 10.2 Å². The van der Waals surface area contributed by atoms with E-state index in [2.05, 4.69) is 5.32 Å². The van der Waals surface area contributed by atoms with Crippen molar-refractivity contribution in [1.29, 1.82) is 0 Å². The molecule has 0 saturated heterocycles. The molecule has 3 aromatic carbocycles. The van der Waals surface area contributed by atoms with Gasteiger partial charge in [-0.05, 0) is 43.5 Å². The Kier molecular flexibility index (Phi) is 11.3. The third kappa shape index (κ3) is 8.91. The smallest absolute Gasteiger partial charge is 0.243 e. The number of hydrogen-bond donors (Lipinski definition) is 1. The highest BCUT2D eigenvalue weighted by atomic mass is 32.2. The predicted molar refractivity (Wildman–Crippen MR) is 157 cm³/mol. The molecule has 0 aliphatic heterocycles. The summed E-state index contributed by atoms with van der Waals surface area (Å²) in [6.45, 7) is 4.31. The van der Waals surface area contributed by atoms with Gasteiger partial charge in [-0.1, -0.05) is 73.2 Å². The fourth-order valence-corrected chi connectivity index (χ4v) is 5.41. The molecule has 0 aliphatic carbocycles. The minimum atomic E-state index is -3.59. The van der Waals surface area contributed by atoms with Gasteiger partial charge in [0.05, 0.1) is 11.9 Å². The van der Waals surface area contributed by atoms with E-state index in [-0.39, 0.29) is 44.2 Å². The molecule has 40 heavy (non-hydrogen) atoms. The van der Waals surface area contributed by atoms with E-state index in [4.69, 9.17) is 0 Å². The van der Waals surface area contributed by atoms with Crippen LogP contribution in [0.25, 0.3) is 0 Å². The van der Waals surface area contributed by atoms with Crippen LogP contribution in [0.1, 0.15) is 42.9 Å². The second-order valence-corrected chi connectivity index (χ2v) is 11.8. The van der Waals surface area contributed by atoms with Crippen LogP contribution < -0.4 is 9.62 Å². The first kappa shape index (κ1) is 30.8. The highest BCUT2D eigenvalue weighted by molar-refractivity contribution is 7.92. The van der Waals surface area contributed by atoms with Crippen LogP contribution in [0, 0.1) is 12.7 Å². The van der Waals surface area contributed by atoms with E-state index in [1.807, 2.05) is 56.3 Å². The van der Waals surface area contributed by atoms with Gasteiger partial charge in [0.1, 0.15) is 11.9 Å². The molecule has 0 radical (unpaired) electrons. The molecule has 0 saturated carbocycles. The number of nitrogens with one attached hydrogen (secondary N) is 1. The Bertz CT molecular complexity index is 1360. The lowest BCUT2D eigenvalue weighted by molar-refractivity contribution is -0.141. The molecule has 0 heterocycles. The number of aryl methyl sites for hydroxylation is 1. The number of carbonyl (C=O) groups is 2. The van der Waals surface area contributed by atoms with Crippen molar-refractivity contribution in [2.45, 2.75) is 52.1 Å². The molecule has 3 rings (SSSR count). The number of hydrogen-bond acceptors (Lipinski definition) is 4. The van der Waals surface area contributed by atoms with Gasteiger partial charge in [-0.3, -0.25) is 13.9 Å². The lowest BCUT2D eigenvalue weighted by Crippen LogP contribution is -2.50. The van der Waals surface area contributed by atoms with Gasteiger partial charge in [0.25, 0.3) is 0 Å². The minimum absolute atomic E-state index is 0.0152. The molecule has 0 aliphatic rings. The summed E-state index contributed by atoms with van der Waals surface area (Å²) in [5.41, 5.74) is 2.69. The fourth-order valence-electron chi connectivity index (χ4n) is 4.45. The summed E-state index contributed by atoms with van der Waals surface area (Å²) < 4.78 is 41.1. The lowest BCUT2D eigenvalue weighted by atomic mass is 10.0. The first-order valence-electron chi connectivity index (χ1n) is 13.5. The zero-order chi connectivity index (χ0) is 29.1. The number of nitrogens with zero attached hydrogens (tertiary/aromatic N) is 2. The largest absolute Gasteiger partial charge is 0.354 e. The van der Waals surface area contributed by atoms with Crippen LogP contribution in [0.2, 0.25) is 0 Å². The number of amides is 2. The summed E-state index contributed by atoms with van der Waals surface area (Å²) in [4.78, 5) is 28.5. The number of benzene rings is 3. The van der Waals surface area contributed by atoms with Crippen LogP contribution in [0.5, 0.6) is 0 Å². The third-order valence-corrected chi connectivity index (χ3v) is 7.79. The second-order valence-electron chi connectivity index (χ2n) is 9.88. The van der Waals surface area contributed by atoms with E-state index in [1.54, 1.807) is 30.3 Å². The normalized spacial score (nSPS) is 12.0. The summed E-state index contributed by atoms with van der Waals surface area (Å²) in [7, 11) is -3.59. The summed E-state index contributed by atoms with van der Waals surface area (Å²) in [6.07, 6.45) is 2.33. The number of halogens is 1. The van der Waals surface area contributed by atoms with E-state index in [0.29, 0.717) is 17.8 Å². The Morgan fingerprint density at radius 1 is 0.950 bits per heavy atom. The first-order chi connectivity index (χ1) is 19.1. The molecule has 0 spiro atoms. The Labute approximate surface area is 237 Å². The minimum Gasteiger partial charge on any atom is -0.354 e. The van der Waals surface area contributed by atoms with E-state index in [0.717, 1.165) is 23.8 Å². The summed E-state index contributed by atoms with van der Waals surface area (Å²) in [6, 6.07) is 21.8.